The predicted molar refractivity (Wildman–Crippen MR) is 111 cm³/mol. The summed E-state index contributed by atoms with van der Waals surface area (Å²) in [5.74, 6) is 0.313. The van der Waals surface area contributed by atoms with E-state index in [2.05, 4.69) is 18.3 Å². The van der Waals surface area contributed by atoms with Crippen LogP contribution in [-0.2, 0) is 27.2 Å². The summed E-state index contributed by atoms with van der Waals surface area (Å²) in [5.41, 5.74) is 2.72. The summed E-state index contributed by atoms with van der Waals surface area (Å²) >= 11 is 1.45. The van der Waals surface area contributed by atoms with Crippen molar-refractivity contribution in [3.8, 4) is 11.8 Å². The molecule has 3 rings (SSSR count). The SMILES string of the molecule is Cc1ccc(OCCC(=O)OCC(=O)Nc2sc3c(c2C#N)CC[C@H](C)C3)cc1. The van der Waals surface area contributed by atoms with E-state index in [0.29, 0.717) is 22.2 Å². The first-order valence-corrected chi connectivity index (χ1v) is 10.5. The lowest BCUT2D eigenvalue weighted by Gasteiger charge is -2.17. The van der Waals surface area contributed by atoms with E-state index >= 15 is 0 Å². The smallest absolute Gasteiger partial charge is 0.309 e. The number of fused-ring (bicyclic) bond motifs is 1. The van der Waals surface area contributed by atoms with Crippen molar-refractivity contribution in [2.45, 2.75) is 39.5 Å². The number of nitrogens with one attached hydrogen (secondary N) is 1. The van der Waals surface area contributed by atoms with Crippen LogP contribution in [0.5, 0.6) is 5.75 Å². The van der Waals surface area contributed by atoms with E-state index in [1.54, 1.807) is 0 Å². The van der Waals surface area contributed by atoms with Crippen LogP contribution < -0.4 is 10.1 Å². The molecule has 7 heteroatoms. The fourth-order valence-corrected chi connectivity index (χ4v) is 4.60. The molecule has 0 saturated heterocycles. The number of nitriles is 1. The summed E-state index contributed by atoms with van der Waals surface area (Å²) in [4.78, 5) is 25.2. The Hall–Kier alpha value is -2.85. The maximum absolute atomic E-state index is 12.2. The molecular weight excluding hydrogens is 388 g/mol. The Bertz CT molecular complexity index is 928. The minimum Gasteiger partial charge on any atom is -0.493 e. The molecule has 0 bridgehead atoms. The molecule has 29 heavy (non-hydrogen) atoms. The number of ether oxygens (including phenoxy) is 2. The molecule has 1 heterocycles. The van der Waals surface area contributed by atoms with E-state index in [1.165, 1.54) is 16.2 Å². The zero-order valence-corrected chi connectivity index (χ0v) is 17.4. The highest BCUT2D eigenvalue weighted by Gasteiger charge is 2.24. The number of hydrogen-bond acceptors (Lipinski definition) is 6. The van der Waals surface area contributed by atoms with Crippen LogP contribution in [0.1, 0.15) is 41.3 Å². The molecule has 1 aliphatic rings. The van der Waals surface area contributed by atoms with Crippen LogP contribution in [0.4, 0.5) is 5.00 Å². The third-order valence-electron chi connectivity index (χ3n) is 4.84. The number of esters is 1. The van der Waals surface area contributed by atoms with E-state index in [0.717, 1.165) is 30.4 Å². The maximum atomic E-state index is 12.2. The Morgan fingerprint density at radius 2 is 2.07 bits per heavy atom. The first-order chi connectivity index (χ1) is 14.0. The van der Waals surface area contributed by atoms with E-state index in [-0.39, 0.29) is 19.6 Å². The Labute approximate surface area is 174 Å². The van der Waals surface area contributed by atoms with Crippen molar-refractivity contribution in [1.82, 2.24) is 0 Å². The lowest BCUT2D eigenvalue weighted by molar-refractivity contribution is -0.147. The number of nitrogens with zero attached hydrogens (tertiary/aromatic N) is 1. The number of amides is 1. The Kier molecular flexibility index (Phi) is 6.89. The highest BCUT2D eigenvalue weighted by atomic mass is 32.1. The summed E-state index contributed by atoms with van der Waals surface area (Å²) in [6.45, 7) is 3.97. The Morgan fingerprint density at radius 1 is 1.31 bits per heavy atom. The zero-order chi connectivity index (χ0) is 20.8. The summed E-state index contributed by atoms with van der Waals surface area (Å²) in [7, 11) is 0. The van der Waals surface area contributed by atoms with Crippen LogP contribution >= 0.6 is 11.3 Å². The van der Waals surface area contributed by atoms with Gasteiger partial charge in [-0.25, -0.2) is 0 Å². The van der Waals surface area contributed by atoms with Crippen molar-refractivity contribution < 1.29 is 19.1 Å². The minimum atomic E-state index is -0.507. The summed E-state index contributed by atoms with van der Waals surface area (Å²) < 4.78 is 10.5. The molecule has 6 nitrogen and oxygen atoms in total. The van der Waals surface area contributed by atoms with Gasteiger partial charge >= 0.3 is 5.97 Å². The van der Waals surface area contributed by atoms with Crippen LogP contribution in [0.3, 0.4) is 0 Å². The standard InChI is InChI=1S/C22H24N2O4S/c1-14-3-6-16(7-4-14)27-10-9-21(26)28-13-20(25)24-22-18(12-23)17-8-5-15(2)11-19(17)29-22/h3-4,6-7,15H,5,8-11,13H2,1-2H3,(H,24,25)/t15-/m0/s1. The van der Waals surface area contributed by atoms with Crippen molar-refractivity contribution in [3.05, 3.63) is 45.8 Å². The number of aryl methyl sites for hydroxylation is 1. The topological polar surface area (TPSA) is 88.4 Å². The Morgan fingerprint density at radius 3 is 2.79 bits per heavy atom. The van der Waals surface area contributed by atoms with Gasteiger partial charge in [-0.2, -0.15) is 5.26 Å². The second-order valence-electron chi connectivity index (χ2n) is 7.29. The van der Waals surface area contributed by atoms with Gasteiger partial charge in [0.2, 0.25) is 0 Å². The molecule has 0 fully saturated rings. The molecule has 0 radical (unpaired) electrons. The van der Waals surface area contributed by atoms with Crippen LogP contribution in [0, 0.1) is 24.2 Å². The van der Waals surface area contributed by atoms with Crippen molar-refractivity contribution >= 4 is 28.2 Å². The van der Waals surface area contributed by atoms with E-state index in [9.17, 15) is 14.9 Å². The summed E-state index contributed by atoms with van der Waals surface area (Å²) in [6.07, 6.45) is 2.89. The number of carbonyl (C=O) groups is 2. The molecule has 152 valence electrons. The van der Waals surface area contributed by atoms with Crippen molar-refractivity contribution in [1.29, 1.82) is 5.26 Å². The van der Waals surface area contributed by atoms with Gasteiger partial charge in [-0.15, -0.1) is 11.3 Å². The monoisotopic (exact) mass is 412 g/mol. The maximum Gasteiger partial charge on any atom is 0.309 e. The van der Waals surface area contributed by atoms with Gasteiger partial charge in [0.05, 0.1) is 18.6 Å². The predicted octanol–water partition coefficient (Wildman–Crippen LogP) is 4.00. The van der Waals surface area contributed by atoms with Gasteiger partial charge in [0, 0.05) is 4.88 Å². The van der Waals surface area contributed by atoms with Crippen LogP contribution in [0.2, 0.25) is 0 Å². The number of rotatable bonds is 7. The van der Waals surface area contributed by atoms with Crippen molar-refractivity contribution in [2.75, 3.05) is 18.5 Å². The average Bonchev–Trinajstić information content (AvgIpc) is 3.03. The van der Waals surface area contributed by atoms with Gasteiger partial charge < -0.3 is 14.8 Å². The molecule has 2 aromatic rings. The van der Waals surface area contributed by atoms with Gasteiger partial charge in [-0.3, -0.25) is 9.59 Å². The Balaban J connectivity index is 1.44. The fourth-order valence-electron chi connectivity index (χ4n) is 3.22. The van der Waals surface area contributed by atoms with Crippen molar-refractivity contribution in [2.24, 2.45) is 5.92 Å². The molecule has 0 spiro atoms. The summed E-state index contributed by atoms with van der Waals surface area (Å²) in [5, 5.41) is 12.7. The van der Waals surface area contributed by atoms with E-state index in [4.69, 9.17) is 9.47 Å². The first kappa shape index (κ1) is 20.9. The molecule has 1 aliphatic carbocycles. The second kappa shape index (κ2) is 9.57. The molecular formula is C22H24N2O4S. The van der Waals surface area contributed by atoms with E-state index < -0.39 is 11.9 Å². The van der Waals surface area contributed by atoms with Gasteiger partial charge in [0.1, 0.15) is 16.8 Å². The zero-order valence-electron chi connectivity index (χ0n) is 16.6. The summed E-state index contributed by atoms with van der Waals surface area (Å²) in [6, 6.07) is 9.73. The highest BCUT2D eigenvalue weighted by Crippen LogP contribution is 2.39. The van der Waals surface area contributed by atoms with Crippen LogP contribution in [-0.4, -0.2) is 25.1 Å². The molecule has 1 aromatic carbocycles. The minimum absolute atomic E-state index is 0.0514. The van der Waals surface area contributed by atoms with Gasteiger partial charge in [-0.1, -0.05) is 24.6 Å². The first-order valence-electron chi connectivity index (χ1n) is 9.66. The lowest BCUT2D eigenvalue weighted by atomic mass is 9.89. The number of anilines is 1. The normalized spacial score (nSPS) is 15.1. The van der Waals surface area contributed by atoms with Crippen LogP contribution in [0.15, 0.2) is 24.3 Å². The fraction of sp³-hybridized carbons (Fsp3) is 0.409. The molecule has 1 amide bonds. The number of benzene rings is 1. The van der Waals surface area contributed by atoms with Crippen LogP contribution in [0.25, 0.3) is 0 Å². The van der Waals surface area contributed by atoms with Gasteiger partial charge in [-0.05, 0) is 49.8 Å². The molecule has 1 aromatic heterocycles. The largest absolute Gasteiger partial charge is 0.493 e. The van der Waals surface area contributed by atoms with Crippen molar-refractivity contribution in [3.63, 3.8) is 0 Å². The number of thiophene rings is 1. The van der Waals surface area contributed by atoms with Gasteiger partial charge in [0.25, 0.3) is 5.91 Å². The van der Waals surface area contributed by atoms with Gasteiger partial charge in [0.15, 0.2) is 6.61 Å². The second-order valence-corrected chi connectivity index (χ2v) is 8.39. The third-order valence-corrected chi connectivity index (χ3v) is 6.01. The number of hydrogen-bond donors (Lipinski definition) is 1. The molecule has 1 N–H and O–H groups in total. The molecule has 0 unspecified atom stereocenters. The molecule has 0 aliphatic heterocycles. The number of carbonyl (C=O) groups excluding carboxylic acids is 2. The van der Waals surface area contributed by atoms with E-state index in [1.807, 2.05) is 31.2 Å². The quantitative estimate of drug-likeness (QED) is 0.694. The molecule has 0 saturated carbocycles. The lowest BCUT2D eigenvalue weighted by Crippen LogP contribution is -2.21. The molecule has 1 atom stereocenters. The highest BCUT2D eigenvalue weighted by molar-refractivity contribution is 7.16. The average molecular weight is 413 g/mol. The third kappa shape index (κ3) is 5.58.